The van der Waals surface area contributed by atoms with Gasteiger partial charge in [0.1, 0.15) is 0 Å². The largest absolute Gasteiger partial charge is 0.298 e. The highest BCUT2D eigenvalue weighted by atomic mass is 127. The number of Topliss-reactive ketones (excluding diaryl/α,β-unsaturated/α-hetero) is 1. The third kappa shape index (κ3) is 3.42. The van der Waals surface area contributed by atoms with Crippen molar-refractivity contribution in [2.75, 3.05) is 5.88 Å². The topological polar surface area (TPSA) is 60.2 Å². The molecule has 0 unspecified atom stereocenters. The molecule has 0 aromatic heterocycles. The molecule has 1 aromatic carbocycles. The van der Waals surface area contributed by atoms with Crippen molar-refractivity contribution in [2.45, 2.75) is 6.42 Å². The Labute approximate surface area is 105 Å². The summed E-state index contributed by atoms with van der Waals surface area (Å²) in [6.07, 6.45) is 0.222. The number of hydrogen-bond acceptors (Lipinski definition) is 3. The Balaban J connectivity index is 2.93. The standard InChI is InChI=1S/C9H7ClINO3/c10-5-8(13)3-6-1-2-7(12(14)15)4-9(6)11/h1-2,4H,3,5H2. The minimum atomic E-state index is -0.463. The van der Waals surface area contributed by atoms with Gasteiger partial charge in [0, 0.05) is 22.1 Å². The fraction of sp³-hybridized carbons (Fsp3) is 0.222. The number of non-ortho nitro benzene ring substituents is 1. The fourth-order valence-electron chi connectivity index (χ4n) is 1.05. The molecule has 0 aliphatic carbocycles. The van der Waals surface area contributed by atoms with Crippen molar-refractivity contribution in [1.29, 1.82) is 0 Å². The van der Waals surface area contributed by atoms with Crippen LogP contribution in [0, 0.1) is 13.7 Å². The van der Waals surface area contributed by atoms with E-state index in [1.54, 1.807) is 6.07 Å². The van der Waals surface area contributed by atoms with Gasteiger partial charge < -0.3 is 0 Å². The maximum Gasteiger partial charge on any atom is 0.270 e. The molecular formula is C9H7ClINO3. The van der Waals surface area contributed by atoms with Gasteiger partial charge in [-0.3, -0.25) is 14.9 Å². The van der Waals surface area contributed by atoms with Gasteiger partial charge in [0.05, 0.1) is 10.8 Å². The summed E-state index contributed by atoms with van der Waals surface area (Å²) < 4.78 is 0.709. The number of halogens is 2. The SMILES string of the molecule is O=C(CCl)Cc1ccc([N+](=O)[O-])cc1I. The van der Waals surface area contributed by atoms with E-state index in [1.165, 1.54) is 12.1 Å². The summed E-state index contributed by atoms with van der Waals surface area (Å²) >= 11 is 7.35. The number of ketones is 1. The van der Waals surface area contributed by atoms with Crippen molar-refractivity contribution < 1.29 is 9.72 Å². The highest BCUT2D eigenvalue weighted by molar-refractivity contribution is 14.1. The second kappa shape index (κ2) is 5.41. The molecular weight excluding hydrogens is 332 g/mol. The first-order valence-corrected chi connectivity index (χ1v) is 5.66. The van der Waals surface area contributed by atoms with Gasteiger partial charge in [-0.2, -0.15) is 0 Å². The Morgan fingerprint density at radius 2 is 2.20 bits per heavy atom. The molecule has 80 valence electrons. The first kappa shape index (κ1) is 12.4. The van der Waals surface area contributed by atoms with Gasteiger partial charge in [0.15, 0.2) is 5.78 Å². The van der Waals surface area contributed by atoms with Crippen molar-refractivity contribution in [3.8, 4) is 0 Å². The summed E-state index contributed by atoms with van der Waals surface area (Å²) in [6.45, 7) is 0. The summed E-state index contributed by atoms with van der Waals surface area (Å²) in [6, 6.07) is 4.42. The van der Waals surface area contributed by atoms with Crippen LogP contribution < -0.4 is 0 Å². The van der Waals surface area contributed by atoms with Crippen molar-refractivity contribution >= 4 is 45.7 Å². The van der Waals surface area contributed by atoms with Gasteiger partial charge in [-0.05, 0) is 28.2 Å². The van der Waals surface area contributed by atoms with Crippen LogP contribution in [0.25, 0.3) is 0 Å². The van der Waals surface area contributed by atoms with Crippen LogP contribution >= 0.6 is 34.2 Å². The molecule has 1 rings (SSSR count). The second-order valence-corrected chi connectivity index (χ2v) is 4.31. The molecule has 0 fully saturated rings. The van der Waals surface area contributed by atoms with E-state index in [-0.39, 0.29) is 23.8 Å². The van der Waals surface area contributed by atoms with Gasteiger partial charge in [0.2, 0.25) is 0 Å². The summed E-state index contributed by atoms with van der Waals surface area (Å²) in [5.41, 5.74) is 0.799. The smallest absolute Gasteiger partial charge is 0.270 e. The van der Waals surface area contributed by atoms with Gasteiger partial charge in [0.25, 0.3) is 5.69 Å². The highest BCUT2D eigenvalue weighted by Gasteiger charge is 2.11. The van der Waals surface area contributed by atoms with E-state index in [9.17, 15) is 14.9 Å². The number of rotatable bonds is 4. The molecule has 0 saturated heterocycles. The number of nitro groups is 1. The summed E-state index contributed by atoms with van der Waals surface area (Å²) in [5, 5.41) is 10.5. The summed E-state index contributed by atoms with van der Waals surface area (Å²) in [5.74, 6) is -0.129. The molecule has 0 amide bonds. The van der Waals surface area contributed by atoms with Crippen LogP contribution in [-0.2, 0) is 11.2 Å². The number of carbonyl (C=O) groups is 1. The molecule has 0 heterocycles. The minimum Gasteiger partial charge on any atom is -0.298 e. The number of nitrogens with zero attached hydrogens (tertiary/aromatic N) is 1. The molecule has 0 radical (unpaired) electrons. The van der Waals surface area contributed by atoms with Gasteiger partial charge in [-0.15, -0.1) is 11.6 Å². The molecule has 0 spiro atoms. The number of benzene rings is 1. The zero-order chi connectivity index (χ0) is 11.4. The Bertz CT molecular complexity index is 408. The van der Waals surface area contributed by atoms with Crippen LogP contribution in [0.2, 0.25) is 0 Å². The van der Waals surface area contributed by atoms with E-state index in [4.69, 9.17) is 11.6 Å². The Hall–Kier alpha value is -0.690. The predicted octanol–water partition coefficient (Wildman–Crippen LogP) is 2.55. The molecule has 0 saturated carbocycles. The van der Waals surface area contributed by atoms with Gasteiger partial charge >= 0.3 is 0 Å². The number of carbonyl (C=O) groups excluding carboxylic acids is 1. The van der Waals surface area contributed by atoms with E-state index < -0.39 is 4.92 Å². The van der Waals surface area contributed by atoms with Gasteiger partial charge in [-0.1, -0.05) is 6.07 Å². The van der Waals surface area contributed by atoms with Crippen molar-refractivity contribution in [3.05, 3.63) is 37.4 Å². The monoisotopic (exact) mass is 339 g/mol. The molecule has 0 N–H and O–H groups in total. The van der Waals surface area contributed by atoms with E-state index in [0.717, 1.165) is 5.56 Å². The Morgan fingerprint density at radius 3 is 2.67 bits per heavy atom. The van der Waals surface area contributed by atoms with Crippen LogP contribution in [0.1, 0.15) is 5.56 Å². The lowest BCUT2D eigenvalue weighted by molar-refractivity contribution is -0.385. The predicted molar refractivity (Wildman–Crippen MR) is 65.2 cm³/mol. The molecule has 1 aromatic rings. The van der Waals surface area contributed by atoms with Crippen LogP contribution in [-0.4, -0.2) is 16.6 Å². The molecule has 0 atom stereocenters. The molecule has 0 aliphatic rings. The Morgan fingerprint density at radius 1 is 1.53 bits per heavy atom. The molecule has 6 heteroatoms. The third-order valence-electron chi connectivity index (χ3n) is 1.78. The normalized spacial score (nSPS) is 10.0. The Kier molecular flexibility index (Phi) is 4.46. The highest BCUT2D eigenvalue weighted by Crippen LogP contribution is 2.20. The van der Waals surface area contributed by atoms with Crippen LogP contribution in [0.4, 0.5) is 5.69 Å². The summed E-state index contributed by atoms with van der Waals surface area (Å²) in [7, 11) is 0. The average Bonchev–Trinajstić information content (AvgIpc) is 2.20. The lowest BCUT2D eigenvalue weighted by Crippen LogP contribution is -2.05. The van der Waals surface area contributed by atoms with Crippen molar-refractivity contribution in [1.82, 2.24) is 0 Å². The van der Waals surface area contributed by atoms with E-state index in [2.05, 4.69) is 0 Å². The number of alkyl halides is 1. The van der Waals surface area contributed by atoms with Crippen molar-refractivity contribution in [3.63, 3.8) is 0 Å². The van der Waals surface area contributed by atoms with Crippen LogP contribution in [0.15, 0.2) is 18.2 Å². The molecule has 0 aliphatic heterocycles. The maximum absolute atomic E-state index is 11.1. The summed E-state index contributed by atoms with van der Waals surface area (Å²) in [4.78, 5) is 21.1. The van der Waals surface area contributed by atoms with E-state index in [0.29, 0.717) is 3.57 Å². The van der Waals surface area contributed by atoms with Gasteiger partial charge in [-0.25, -0.2) is 0 Å². The first-order chi connectivity index (χ1) is 7.04. The van der Waals surface area contributed by atoms with Crippen LogP contribution in [0.3, 0.4) is 0 Å². The zero-order valence-corrected chi connectivity index (χ0v) is 10.5. The molecule has 4 nitrogen and oxygen atoms in total. The maximum atomic E-state index is 11.1. The lowest BCUT2D eigenvalue weighted by atomic mass is 10.1. The van der Waals surface area contributed by atoms with Crippen molar-refractivity contribution in [2.24, 2.45) is 0 Å². The quantitative estimate of drug-likeness (QED) is 0.366. The lowest BCUT2D eigenvalue weighted by Gasteiger charge is -2.01. The third-order valence-corrected chi connectivity index (χ3v) is 3.09. The zero-order valence-electron chi connectivity index (χ0n) is 7.57. The van der Waals surface area contributed by atoms with E-state index >= 15 is 0 Å². The average molecular weight is 340 g/mol. The second-order valence-electron chi connectivity index (χ2n) is 2.88. The van der Waals surface area contributed by atoms with E-state index in [1.807, 2.05) is 22.6 Å². The number of hydrogen-bond donors (Lipinski definition) is 0. The fourth-order valence-corrected chi connectivity index (χ4v) is 1.84. The first-order valence-electron chi connectivity index (χ1n) is 4.05. The van der Waals surface area contributed by atoms with Crippen LogP contribution in [0.5, 0.6) is 0 Å². The molecule has 15 heavy (non-hydrogen) atoms. The number of nitro benzene ring substituents is 1. The molecule has 0 bridgehead atoms. The minimum absolute atomic E-state index is 0.0291.